The lowest BCUT2D eigenvalue weighted by Crippen LogP contribution is -2.23. The Morgan fingerprint density at radius 2 is 1.66 bits per heavy atom. The number of rotatable bonds is 4. The van der Waals surface area contributed by atoms with Crippen molar-refractivity contribution in [1.82, 2.24) is 0 Å². The maximum Gasteiger partial charge on any atom is -0.00899 e. The van der Waals surface area contributed by atoms with Crippen molar-refractivity contribution in [3.05, 3.63) is 71.3 Å². The molecule has 2 bridgehead atoms. The molecule has 162 valence electrons. The first-order valence-corrected chi connectivity index (χ1v) is 11.9. The molecular formula is C29H46. The van der Waals surface area contributed by atoms with Gasteiger partial charge in [-0.25, -0.2) is 0 Å². The molecule has 0 heteroatoms. The Labute approximate surface area is 182 Å². The predicted molar refractivity (Wildman–Crippen MR) is 136 cm³/mol. The van der Waals surface area contributed by atoms with E-state index in [2.05, 4.69) is 82.8 Å². The molecule has 0 fully saturated rings. The topological polar surface area (TPSA) is 0 Å². The number of hydrogen-bond acceptors (Lipinski definition) is 0. The first kappa shape index (κ1) is 27.2. The zero-order valence-electron chi connectivity index (χ0n) is 20.5. The van der Waals surface area contributed by atoms with Crippen molar-refractivity contribution < 1.29 is 0 Å². The molecule has 29 heavy (non-hydrogen) atoms. The van der Waals surface area contributed by atoms with Crippen LogP contribution in [-0.2, 0) is 0 Å². The third-order valence-corrected chi connectivity index (χ3v) is 5.48. The number of allylic oxidation sites excluding steroid dienone is 6. The van der Waals surface area contributed by atoms with Crippen LogP contribution in [0.5, 0.6) is 0 Å². The largest absolute Gasteiger partial charge is 0.0949 e. The fourth-order valence-corrected chi connectivity index (χ4v) is 3.79. The van der Waals surface area contributed by atoms with E-state index in [1.54, 1.807) is 11.1 Å². The van der Waals surface area contributed by atoms with E-state index in [0.29, 0.717) is 5.92 Å². The molecule has 0 aliphatic heterocycles. The van der Waals surface area contributed by atoms with Gasteiger partial charge in [-0.15, -0.1) is 0 Å². The van der Waals surface area contributed by atoms with Gasteiger partial charge in [-0.05, 0) is 67.2 Å². The van der Waals surface area contributed by atoms with E-state index in [1.807, 2.05) is 27.7 Å². The van der Waals surface area contributed by atoms with Gasteiger partial charge in [-0.3, -0.25) is 0 Å². The summed E-state index contributed by atoms with van der Waals surface area (Å²) in [6, 6.07) is 8.66. The highest BCUT2D eigenvalue weighted by molar-refractivity contribution is 5.74. The summed E-state index contributed by atoms with van der Waals surface area (Å²) < 4.78 is 0. The Kier molecular flexibility index (Phi) is 15.0. The van der Waals surface area contributed by atoms with Gasteiger partial charge in [0.2, 0.25) is 0 Å². The second-order valence-electron chi connectivity index (χ2n) is 7.33. The molecule has 0 heterocycles. The number of hydrogen-bond donors (Lipinski definition) is 0. The molecule has 0 spiro atoms. The molecule has 2 aliphatic carbocycles. The van der Waals surface area contributed by atoms with E-state index in [0.717, 1.165) is 5.92 Å². The summed E-state index contributed by atoms with van der Waals surface area (Å²) in [6.07, 6.45) is 15.2. The maximum atomic E-state index is 4.49. The van der Waals surface area contributed by atoms with Gasteiger partial charge in [0.25, 0.3) is 0 Å². The van der Waals surface area contributed by atoms with Gasteiger partial charge in [-0.2, -0.15) is 0 Å². The number of unbranched alkanes of at least 4 members (excludes halogenated alkanes) is 1. The summed E-state index contributed by atoms with van der Waals surface area (Å²) in [4.78, 5) is 0. The minimum Gasteiger partial charge on any atom is -0.0949 e. The molecule has 0 saturated carbocycles. The minimum atomic E-state index is 0.588. The zero-order chi connectivity index (χ0) is 22.2. The molecule has 1 aromatic rings. The Hall–Kier alpha value is -1.82. The normalized spacial score (nSPS) is 19.3. The third kappa shape index (κ3) is 8.21. The third-order valence-electron chi connectivity index (χ3n) is 5.48. The van der Waals surface area contributed by atoms with Crippen molar-refractivity contribution in [3.8, 4) is 0 Å². The van der Waals surface area contributed by atoms with Crippen LogP contribution in [0.1, 0.15) is 98.6 Å². The lowest BCUT2D eigenvalue weighted by molar-refractivity contribution is 0.375. The first-order chi connectivity index (χ1) is 14.1. The van der Waals surface area contributed by atoms with Crippen LogP contribution in [0.4, 0.5) is 0 Å². The van der Waals surface area contributed by atoms with Gasteiger partial charge in [-0.1, -0.05) is 115 Å². The average molecular weight is 395 g/mol. The van der Waals surface area contributed by atoms with E-state index in [-0.39, 0.29) is 0 Å². The molecule has 0 radical (unpaired) electrons. The predicted octanol–water partition coefficient (Wildman–Crippen LogP) is 9.89. The molecule has 0 saturated heterocycles. The smallest absolute Gasteiger partial charge is 0.00899 e. The minimum absolute atomic E-state index is 0.588. The zero-order valence-corrected chi connectivity index (χ0v) is 20.5. The van der Waals surface area contributed by atoms with Crippen molar-refractivity contribution in [2.45, 2.75) is 87.5 Å². The average Bonchev–Trinajstić information content (AvgIpc) is 2.79. The van der Waals surface area contributed by atoms with Gasteiger partial charge in [0, 0.05) is 0 Å². The number of fused-ring (bicyclic) bond motifs is 2. The second-order valence-corrected chi connectivity index (χ2v) is 7.33. The monoisotopic (exact) mass is 394 g/mol. The van der Waals surface area contributed by atoms with Crippen molar-refractivity contribution in [1.29, 1.82) is 0 Å². The van der Waals surface area contributed by atoms with Gasteiger partial charge in [0.15, 0.2) is 0 Å². The SMILES string of the molecule is C=C(c1ccccc1/C=C\C)C1CC(C)=C2C=CCC1C2.CC.CC.CCCC. The van der Waals surface area contributed by atoms with Gasteiger partial charge in [0.05, 0.1) is 0 Å². The lowest BCUT2D eigenvalue weighted by Gasteiger charge is -2.36. The van der Waals surface area contributed by atoms with Crippen molar-refractivity contribution in [2.24, 2.45) is 11.8 Å². The Balaban J connectivity index is 0.000000859. The summed E-state index contributed by atoms with van der Waals surface area (Å²) in [5, 5.41) is 0. The van der Waals surface area contributed by atoms with E-state index in [1.165, 1.54) is 48.8 Å². The van der Waals surface area contributed by atoms with Gasteiger partial charge < -0.3 is 0 Å². The standard InChI is InChI=1S/C21H24.C4H10.2C2H6/c1-4-8-17-9-5-6-12-20(17)16(3)21-13-15(2)18-10-7-11-19(21)14-18;1-3-4-2;2*1-2/h4-10,12,19,21H,3,11,13-14H2,1-2H3;3-4H2,1-2H3;2*1-2H3/b8-4-;;;. The van der Waals surface area contributed by atoms with E-state index in [4.69, 9.17) is 0 Å². The highest BCUT2D eigenvalue weighted by atomic mass is 14.4. The number of benzene rings is 1. The van der Waals surface area contributed by atoms with E-state index < -0.39 is 0 Å². The van der Waals surface area contributed by atoms with Crippen molar-refractivity contribution >= 4 is 11.6 Å². The molecule has 0 amide bonds. The highest BCUT2D eigenvalue weighted by Gasteiger charge is 2.31. The molecular weight excluding hydrogens is 348 g/mol. The van der Waals surface area contributed by atoms with Crippen LogP contribution in [0, 0.1) is 11.8 Å². The van der Waals surface area contributed by atoms with Gasteiger partial charge >= 0.3 is 0 Å². The van der Waals surface area contributed by atoms with Crippen LogP contribution >= 0.6 is 0 Å². The summed E-state index contributed by atoms with van der Waals surface area (Å²) in [6.45, 7) is 21.2. The molecule has 2 atom stereocenters. The molecule has 0 aromatic heterocycles. The molecule has 3 rings (SSSR count). The van der Waals surface area contributed by atoms with Crippen LogP contribution in [-0.4, -0.2) is 0 Å². The maximum absolute atomic E-state index is 4.49. The molecule has 0 N–H and O–H groups in total. The molecule has 2 aliphatic rings. The molecule has 1 aromatic carbocycles. The summed E-state index contributed by atoms with van der Waals surface area (Å²) in [7, 11) is 0. The van der Waals surface area contributed by atoms with E-state index in [9.17, 15) is 0 Å². The molecule has 2 unspecified atom stereocenters. The van der Waals surface area contributed by atoms with Crippen LogP contribution < -0.4 is 0 Å². The summed E-state index contributed by atoms with van der Waals surface area (Å²) in [5.41, 5.74) is 7.06. The van der Waals surface area contributed by atoms with Crippen LogP contribution in [0.25, 0.3) is 11.6 Å². The fraction of sp³-hybridized carbons (Fsp3) is 0.517. The Morgan fingerprint density at radius 3 is 2.24 bits per heavy atom. The van der Waals surface area contributed by atoms with Crippen LogP contribution in [0.3, 0.4) is 0 Å². The summed E-state index contributed by atoms with van der Waals surface area (Å²) in [5.74, 6) is 1.32. The van der Waals surface area contributed by atoms with Crippen molar-refractivity contribution in [3.63, 3.8) is 0 Å². The first-order valence-electron chi connectivity index (χ1n) is 11.9. The van der Waals surface area contributed by atoms with Crippen LogP contribution in [0.15, 0.2) is 60.2 Å². The summed E-state index contributed by atoms with van der Waals surface area (Å²) >= 11 is 0. The Bertz CT molecular complexity index is 667. The quantitative estimate of drug-likeness (QED) is 0.476. The Morgan fingerprint density at radius 1 is 1.03 bits per heavy atom. The highest BCUT2D eigenvalue weighted by Crippen LogP contribution is 2.45. The molecule has 0 nitrogen and oxygen atoms in total. The van der Waals surface area contributed by atoms with Crippen LogP contribution in [0.2, 0.25) is 0 Å². The van der Waals surface area contributed by atoms with Gasteiger partial charge in [0.1, 0.15) is 0 Å². The lowest BCUT2D eigenvalue weighted by atomic mass is 9.68. The second kappa shape index (κ2) is 16.0. The van der Waals surface area contributed by atoms with E-state index >= 15 is 0 Å². The fourth-order valence-electron chi connectivity index (χ4n) is 3.79. The van der Waals surface area contributed by atoms with Crippen molar-refractivity contribution in [2.75, 3.05) is 0 Å².